The Labute approximate surface area is 218 Å². The van der Waals surface area contributed by atoms with Gasteiger partial charge in [-0.3, -0.25) is 14.5 Å². The van der Waals surface area contributed by atoms with E-state index in [4.69, 9.17) is 0 Å². The highest BCUT2D eigenvalue weighted by atomic mass is 79.9. The molecule has 0 radical (unpaired) electrons. The van der Waals surface area contributed by atoms with Crippen molar-refractivity contribution in [1.82, 2.24) is 5.32 Å². The first-order valence-corrected chi connectivity index (χ1v) is 13.0. The van der Waals surface area contributed by atoms with Gasteiger partial charge in [-0.05, 0) is 53.8 Å². The molecule has 1 aliphatic heterocycles. The molecule has 176 valence electrons. The number of rotatable bonds is 7. The highest BCUT2D eigenvalue weighted by Crippen LogP contribution is 2.42. The lowest BCUT2D eigenvalue weighted by molar-refractivity contribution is -0.117. The van der Waals surface area contributed by atoms with Crippen molar-refractivity contribution in [2.45, 2.75) is 31.6 Å². The molecule has 1 atom stereocenters. The van der Waals surface area contributed by atoms with Crippen molar-refractivity contribution in [2.24, 2.45) is 0 Å². The van der Waals surface area contributed by atoms with Crippen LogP contribution in [-0.4, -0.2) is 17.1 Å². The average molecular weight is 546 g/mol. The number of halogens is 1. The normalized spacial score (nSPS) is 16.7. The molecule has 4 rings (SSSR count). The van der Waals surface area contributed by atoms with Gasteiger partial charge in [-0.2, -0.15) is 5.26 Å². The van der Waals surface area contributed by atoms with E-state index in [1.54, 1.807) is 0 Å². The van der Waals surface area contributed by atoms with Crippen LogP contribution in [0.2, 0.25) is 0 Å². The number of hydrogen-bond donors (Lipinski definition) is 1. The molecule has 0 aromatic heterocycles. The van der Waals surface area contributed by atoms with E-state index in [-0.39, 0.29) is 11.5 Å². The molecule has 0 aliphatic carbocycles. The van der Waals surface area contributed by atoms with E-state index in [1.807, 2.05) is 78.9 Å². The summed E-state index contributed by atoms with van der Waals surface area (Å²) in [5, 5.41) is 12.7. The zero-order chi connectivity index (χ0) is 24.8. The number of anilines is 1. The van der Waals surface area contributed by atoms with Crippen LogP contribution in [0.25, 0.3) is 0 Å². The average Bonchev–Trinajstić information content (AvgIpc) is 3.20. The molecule has 1 aliphatic rings. The fourth-order valence-electron chi connectivity index (χ4n) is 3.80. The molecule has 0 saturated carbocycles. The Kier molecular flexibility index (Phi) is 8.06. The number of carbonyl (C=O) groups is 2. The number of benzene rings is 3. The second-order valence-corrected chi connectivity index (χ2v) is 10.2. The van der Waals surface area contributed by atoms with Gasteiger partial charge in [-0.25, -0.2) is 0 Å². The molecule has 1 N–H and O–H groups in total. The molecular weight excluding hydrogens is 522 g/mol. The van der Waals surface area contributed by atoms with Gasteiger partial charge in [-0.1, -0.05) is 89.2 Å². The lowest BCUT2D eigenvalue weighted by Gasteiger charge is -2.19. The zero-order valence-electron chi connectivity index (χ0n) is 19.2. The Morgan fingerprint density at radius 3 is 2.29 bits per heavy atom. The lowest BCUT2D eigenvalue weighted by Crippen LogP contribution is -2.32. The first kappa shape index (κ1) is 24.8. The fourth-order valence-corrected chi connectivity index (χ4v) is 5.38. The van der Waals surface area contributed by atoms with Crippen LogP contribution in [0.1, 0.15) is 23.6 Å². The Balaban J connectivity index is 1.67. The number of hydrogen-bond acceptors (Lipinski definition) is 4. The summed E-state index contributed by atoms with van der Waals surface area (Å²) in [7, 11) is 0. The Morgan fingerprint density at radius 2 is 1.66 bits per heavy atom. The molecule has 2 amide bonds. The lowest BCUT2D eigenvalue weighted by atomic mass is 10.1. The summed E-state index contributed by atoms with van der Waals surface area (Å²) in [6.45, 7) is 2.36. The largest absolute Gasteiger partial charge is 0.347 e. The van der Waals surface area contributed by atoms with Gasteiger partial charge in [0.05, 0.1) is 5.25 Å². The third-order valence-electron chi connectivity index (χ3n) is 5.74. The zero-order valence-corrected chi connectivity index (χ0v) is 21.6. The molecule has 7 heteroatoms. The number of aryl methyl sites for hydroxylation is 1. The van der Waals surface area contributed by atoms with E-state index in [0.717, 1.165) is 27.6 Å². The van der Waals surface area contributed by atoms with Crippen LogP contribution in [0, 0.1) is 11.3 Å². The molecule has 3 aromatic rings. The van der Waals surface area contributed by atoms with Gasteiger partial charge < -0.3 is 5.32 Å². The van der Waals surface area contributed by atoms with E-state index in [9.17, 15) is 14.9 Å². The van der Waals surface area contributed by atoms with Crippen LogP contribution in [0.4, 0.5) is 5.69 Å². The molecule has 35 heavy (non-hydrogen) atoms. The van der Waals surface area contributed by atoms with Crippen LogP contribution >= 0.6 is 27.7 Å². The Bertz CT molecular complexity index is 1280. The van der Waals surface area contributed by atoms with Gasteiger partial charge in [0.1, 0.15) is 16.7 Å². The molecule has 3 aromatic carbocycles. The van der Waals surface area contributed by atoms with Crippen LogP contribution in [-0.2, 0) is 29.0 Å². The number of nitrogens with zero attached hydrogens (tertiary/aromatic N) is 2. The van der Waals surface area contributed by atoms with Gasteiger partial charge in [0, 0.05) is 16.7 Å². The SMILES string of the molecule is CCc1ccc(N2C(=O)C(Cc3ccc(Br)cc3)S/C2=C(/C#N)C(=O)NCc2ccccc2)cc1. The van der Waals surface area contributed by atoms with Crippen molar-refractivity contribution in [3.05, 3.63) is 111 Å². The molecule has 5 nitrogen and oxygen atoms in total. The van der Waals surface area contributed by atoms with Gasteiger partial charge in [0.25, 0.3) is 5.91 Å². The summed E-state index contributed by atoms with van der Waals surface area (Å²) in [4.78, 5) is 28.2. The maximum Gasteiger partial charge on any atom is 0.264 e. The summed E-state index contributed by atoms with van der Waals surface area (Å²) < 4.78 is 0.965. The monoisotopic (exact) mass is 545 g/mol. The van der Waals surface area contributed by atoms with E-state index in [0.29, 0.717) is 23.7 Å². The smallest absolute Gasteiger partial charge is 0.264 e. The highest BCUT2D eigenvalue weighted by molar-refractivity contribution is 9.10. The van der Waals surface area contributed by atoms with E-state index in [2.05, 4.69) is 34.2 Å². The number of amides is 2. The van der Waals surface area contributed by atoms with Crippen LogP contribution in [0.15, 0.2) is 93.9 Å². The van der Waals surface area contributed by atoms with Crippen molar-refractivity contribution < 1.29 is 9.59 Å². The maximum atomic E-state index is 13.6. The quantitative estimate of drug-likeness (QED) is 0.303. The molecular formula is C28H24BrN3O2S. The topological polar surface area (TPSA) is 73.2 Å². The molecule has 1 fully saturated rings. The first-order chi connectivity index (χ1) is 17.0. The van der Waals surface area contributed by atoms with Crippen LogP contribution in [0.5, 0.6) is 0 Å². The summed E-state index contributed by atoms with van der Waals surface area (Å²) >= 11 is 4.71. The van der Waals surface area contributed by atoms with E-state index in [1.165, 1.54) is 16.7 Å². The molecule has 0 bridgehead atoms. The maximum absolute atomic E-state index is 13.6. The number of nitriles is 1. The first-order valence-electron chi connectivity index (χ1n) is 11.3. The second-order valence-electron chi connectivity index (χ2n) is 8.09. The van der Waals surface area contributed by atoms with Crippen molar-refractivity contribution in [2.75, 3.05) is 4.90 Å². The summed E-state index contributed by atoms with van der Waals surface area (Å²) in [5.74, 6) is -0.633. The molecule has 1 heterocycles. The third-order valence-corrected chi connectivity index (χ3v) is 7.53. The van der Waals surface area contributed by atoms with E-state index >= 15 is 0 Å². The predicted molar refractivity (Wildman–Crippen MR) is 143 cm³/mol. The third kappa shape index (κ3) is 5.84. The van der Waals surface area contributed by atoms with Crippen molar-refractivity contribution in [3.63, 3.8) is 0 Å². The number of nitrogens with one attached hydrogen (secondary N) is 1. The molecule has 0 spiro atoms. The van der Waals surface area contributed by atoms with Crippen molar-refractivity contribution in [3.8, 4) is 6.07 Å². The van der Waals surface area contributed by atoms with Gasteiger partial charge in [-0.15, -0.1) is 0 Å². The fraction of sp³-hybridized carbons (Fsp3) is 0.179. The molecule has 1 saturated heterocycles. The number of carbonyl (C=O) groups excluding carboxylic acids is 2. The number of thioether (sulfide) groups is 1. The molecule has 1 unspecified atom stereocenters. The summed E-state index contributed by atoms with van der Waals surface area (Å²) in [5.41, 5.74) is 3.67. The summed E-state index contributed by atoms with van der Waals surface area (Å²) in [6.07, 6.45) is 1.37. The Morgan fingerprint density at radius 1 is 1.00 bits per heavy atom. The standard InChI is InChI=1S/C28H24BrN3O2S/c1-2-19-10-14-23(15-11-19)32-27(34)25(16-20-8-12-22(29)13-9-20)35-28(32)24(17-30)26(33)31-18-21-6-4-3-5-7-21/h3-15,25H,2,16,18H2,1H3,(H,31,33)/b28-24-. The minimum absolute atomic E-state index is 0.0582. The Hall–Kier alpha value is -3.34. The predicted octanol–water partition coefficient (Wildman–Crippen LogP) is 5.75. The van der Waals surface area contributed by atoms with E-state index < -0.39 is 11.2 Å². The van der Waals surface area contributed by atoms with Crippen molar-refractivity contribution in [1.29, 1.82) is 5.26 Å². The minimum Gasteiger partial charge on any atom is -0.347 e. The minimum atomic E-state index is -0.494. The van der Waals surface area contributed by atoms with Crippen LogP contribution in [0.3, 0.4) is 0 Å². The van der Waals surface area contributed by atoms with Crippen molar-refractivity contribution >= 4 is 45.2 Å². The van der Waals surface area contributed by atoms with Gasteiger partial charge in [0.2, 0.25) is 5.91 Å². The van der Waals surface area contributed by atoms with Crippen LogP contribution < -0.4 is 10.2 Å². The summed E-state index contributed by atoms with van der Waals surface area (Å²) in [6, 6.07) is 27.1. The second kappa shape index (κ2) is 11.4. The van der Waals surface area contributed by atoms with Gasteiger partial charge in [0.15, 0.2) is 0 Å². The van der Waals surface area contributed by atoms with Gasteiger partial charge >= 0.3 is 0 Å². The highest BCUT2D eigenvalue weighted by Gasteiger charge is 2.40.